The normalized spacial score (nSPS) is 16.8. The molecule has 1 unspecified atom stereocenters. The predicted molar refractivity (Wildman–Crippen MR) is 130 cm³/mol. The lowest BCUT2D eigenvalue weighted by Crippen LogP contribution is -2.43. The zero-order valence-corrected chi connectivity index (χ0v) is 21.8. The Bertz CT molecular complexity index is 746. The highest BCUT2D eigenvalue weighted by molar-refractivity contribution is 9.28. The molecule has 5 heteroatoms. The van der Waals surface area contributed by atoms with Gasteiger partial charge < -0.3 is 4.74 Å². The van der Waals surface area contributed by atoms with Crippen LogP contribution in [-0.2, 0) is 10.2 Å². The lowest BCUT2D eigenvalue weighted by molar-refractivity contribution is 0.0574. The molecule has 2 rings (SSSR count). The number of anilines is 1. The van der Waals surface area contributed by atoms with E-state index in [0.29, 0.717) is 12.5 Å². The van der Waals surface area contributed by atoms with E-state index in [0.717, 1.165) is 21.9 Å². The lowest BCUT2D eigenvalue weighted by atomic mass is 9.76. The fourth-order valence-corrected chi connectivity index (χ4v) is 4.48. The Morgan fingerprint density at radius 2 is 1.97 bits per heavy atom. The van der Waals surface area contributed by atoms with Crippen molar-refractivity contribution in [3.63, 3.8) is 0 Å². The van der Waals surface area contributed by atoms with E-state index in [1.54, 1.807) is 0 Å². The highest BCUT2D eigenvalue weighted by Crippen LogP contribution is 2.42. The zero-order valence-electron chi connectivity index (χ0n) is 18.6. The van der Waals surface area contributed by atoms with Crippen LogP contribution in [-0.4, -0.2) is 18.2 Å². The van der Waals surface area contributed by atoms with Crippen LogP contribution >= 0.6 is 31.9 Å². The van der Waals surface area contributed by atoms with Gasteiger partial charge in [-0.15, -0.1) is 0 Å². The second-order valence-corrected chi connectivity index (χ2v) is 12.4. The number of halogens is 2. The largest absolute Gasteiger partial charge is 0.443 e. The molecule has 0 N–H and O–H groups in total. The fraction of sp³-hybridized carbons (Fsp3) is 0.625. The van der Waals surface area contributed by atoms with Crippen molar-refractivity contribution in [2.24, 2.45) is 0 Å². The van der Waals surface area contributed by atoms with Gasteiger partial charge in [-0.05, 0) is 88.1 Å². The molecule has 0 bridgehead atoms. The van der Waals surface area contributed by atoms with Crippen molar-refractivity contribution in [3.8, 4) is 0 Å². The van der Waals surface area contributed by atoms with Crippen LogP contribution in [0.15, 0.2) is 27.7 Å². The van der Waals surface area contributed by atoms with Crippen molar-refractivity contribution in [3.05, 3.63) is 38.8 Å². The van der Waals surface area contributed by atoms with Gasteiger partial charge in [0.25, 0.3) is 0 Å². The molecule has 0 saturated carbocycles. The highest BCUT2D eigenvalue weighted by atomic mass is 79.9. The number of hydrogen-bond donors (Lipinski definition) is 0. The van der Waals surface area contributed by atoms with E-state index in [2.05, 4.69) is 76.9 Å². The Hall–Kier alpha value is -0.810. The topological polar surface area (TPSA) is 29.5 Å². The number of nitrogens with zero attached hydrogens (tertiary/aromatic N) is 1. The van der Waals surface area contributed by atoms with Crippen molar-refractivity contribution in [2.45, 2.75) is 90.6 Å². The van der Waals surface area contributed by atoms with Crippen molar-refractivity contribution >= 4 is 43.6 Å². The predicted octanol–water partition coefficient (Wildman–Crippen LogP) is 8.40. The summed E-state index contributed by atoms with van der Waals surface area (Å²) in [6.07, 6.45) is 7.58. The van der Waals surface area contributed by atoms with E-state index in [4.69, 9.17) is 4.74 Å². The maximum atomic E-state index is 12.9. The summed E-state index contributed by atoms with van der Waals surface area (Å²) in [5.41, 5.74) is 2.98. The Labute approximate surface area is 193 Å². The number of ether oxygens (including phenoxy) is 1. The number of unbranched alkanes of at least 4 members (excludes halogenated alkanes) is 2. The summed E-state index contributed by atoms with van der Waals surface area (Å²) in [5, 5.41) is 0. The molecule has 29 heavy (non-hydrogen) atoms. The Morgan fingerprint density at radius 3 is 2.55 bits per heavy atom. The molecular weight excluding hydrogens is 494 g/mol. The second kappa shape index (κ2) is 10.00. The third kappa shape index (κ3) is 6.85. The first-order valence-corrected chi connectivity index (χ1v) is 12.2. The third-order valence-electron chi connectivity index (χ3n) is 5.49. The molecule has 0 fully saturated rings. The number of rotatable bonds is 6. The van der Waals surface area contributed by atoms with E-state index in [1.165, 1.54) is 30.4 Å². The Morgan fingerprint density at radius 1 is 1.28 bits per heavy atom. The molecule has 3 nitrogen and oxygen atoms in total. The van der Waals surface area contributed by atoms with Crippen LogP contribution in [0.1, 0.15) is 90.7 Å². The molecule has 0 spiro atoms. The fourth-order valence-electron chi connectivity index (χ4n) is 3.84. The minimum atomic E-state index is -0.506. The van der Waals surface area contributed by atoms with Gasteiger partial charge in [-0.1, -0.05) is 58.2 Å². The summed E-state index contributed by atoms with van der Waals surface area (Å²) in [6.45, 7) is 13.2. The van der Waals surface area contributed by atoms with Gasteiger partial charge in [-0.2, -0.15) is 0 Å². The second-order valence-electron chi connectivity index (χ2n) is 9.60. The Balaban J connectivity index is 2.44. The van der Waals surface area contributed by atoms with Gasteiger partial charge in [-0.3, -0.25) is 4.90 Å². The summed E-state index contributed by atoms with van der Waals surface area (Å²) in [5.74, 6) is 0.297. The van der Waals surface area contributed by atoms with Gasteiger partial charge in [0.15, 0.2) is 0 Å². The summed E-state index contributed by atoms with van der Waals surface area (Å²) in [7, 11) is 0. The number of allylic oxidation sites excluding steroid dienone is 1. The average molecular weight is 529 g/mol. The number of carbonyl (C=O) groups excluding carboxylic acids is 1. The number of amides is 1. The first-order chi connectivity index (χ1) is 13.4. The van der Waals surface area contributed by atoms with Gasteiger partial charge in [0, 0.05) is 12.5 Å². The van der Waals surface area contributed by atoms with Crippen LogP contribution in [0.5, 0.6) is 0 Å². The molecule has 0 aromatic heterocycles. The summed E-state index contributed by atoms with van der Waals surface area (Å²) in [6, 6.07) is 6.65. The summed E-state index contributed by atoms with van der Waals surface area (Å²) < 4.78 is 6.67. The minimum Gasteiger partial charge on any atom is -0.443 e. The lowest BCUT2D eigenvalue weighted by Gasteiger charge is -2.40. The van der Waals surface area contributed by atoms with Gasteiger partial charge in [0.2, 0.25) is 0 Å². The third-order valence-corrected chi connectivity index (χ3v) is 6.02. The van der Waals surface area contributed by atoms with Crippen molar-refractivity contribution in [1.82, 2.24) is 0 Å². The number of benzene rings is 1. The van der Waals surface area contributed by atoms with E-state index in [1.807, 2.05) is 25.7 Å². The summed E-state index contributed by atoms with van der Waals surface area (Å²) in [4.78, 5) is 14.8. The average Bonchev–Trinajstić information content (AvgIpc) is 2.58. The standard InChI is InChI=1S/C24H35Br2NO2/c1-7-8-9-10-17(16-21(25)26)18-11-12-19-20(15-18)27(14-13-24(19,5)6)22(28)29-23(2,3)4/h11-12,15-17H,7-10,13-14H2,1-6H3. The SMILES string of the molecule is CCCCCC(C=C(Br)Br)c1ccc2c(c1)N(C(=O)OC(C)(C)C)CCC2(C)C. The van der Waals surface area contributed by atoms with Gasteiger partial charge >= 0.3 is 6.09 Å². The highest BCUT2D eigenvalue weighted by Gasteiger charge is 2.36. The molecule has 1 aromatic rings. The van der Waals surface area contributed by atoms with Crippen LogP contribution < -0.4 is 4.90 Å². The smallest absolute Gasteiger partial charge is 0.414 e. The molecule has 0 saturated heterocycles. The zero-order chi connectivity index (χ0) is 21.8. The maximum Gasteiger partial charge on any atom is 0.414 e. The van der Waals surface area contributed by atoms with Crippen molar-refractivity contribution in [1.29, 1.82) is 0 Å². The molecule has 1 aliphatic rings. The molecule has 1 heterocycles. The maximum absolute atomic E-state index is 12.9. The van der Waals surface area contributed by atoms with Crippen LogP contribution in [0.25, 0.3) is 0 Å². The molecule has 1 amide bonds. The molecule has 0 aliphatic carbocycles. The van der Waals surface area contributed by atoms with Crippen molar-refractivity contribution < 1.29 is 9.53 Å². The van der Waals surface area contributed by atoms with Crippen LogP contribution in [0.3, 0.4) is 0 Å². The molecular formula is C24H35Br2NO2. The minimum absolute atomic E-state index is 0.0376. The van der Waals surface area contributed by atoms with Gasteiger partial charge in [0.1, 0.15) is 5.60 Å². The molecule has 1 aliphatic heterocycles. The van der Waals surface area contributed by atoms with Crippen LogP contribution in [0.4, 0.5) is 10.5 Å². The first kappa shape index (κ1) is 24.5. The van der Waals surface area contributed by atoms with Crippen LogP contribution in [0, 0.1) is 0 Å². The number of hydrogen-bond acceptors (Lipinski definition) is 2. The molecule has 1 aromatic carbocycles. The monoisotopic (exact) mass is 527 g/mol. The molecule has 1 atom stereocenters. The van der Waals surface area contributed by atoms with E-state index >= 15 is 0 Å². The summed E-state index contributed by atoms with van der Waals surface area (Å²) >= 11 is 7.07. The van der Waals surface area contributed by atoms with Crippen LogP contribution in [0.2, 0.25) is 0 Å². The quantitative estimate of drug-likeness (QED) is 0.347. The first-order valence-electron chi connectivity index (χ1n) is 10.6. The Kier molecular flexibility index (Phi) is 8.43. The van der Waals surface area contributed by atoms with Gasteiger partial charge in [-0.25, -0.2) is 4.79 Å². The van der Waals surface area contributed by atoms with Gasteiger partial charge in [0.05, 0.1) is 9.08 Å². The number of fused-ring (bicyclic) bond motifs is 1. The molecule has 162 valence electrons. The van der Waals surface area contributed by atoms with E-state index < -0.39 is 5.60 Å². The van der Waals surface area contributed by atoms with E-state index in [9.17, 15) is 4.79 Å². The van der Waals surface area contributed by atoms with E-state index in [-0.39, 0.29) is 11.5 Å². The molecule has 0 radical (unpaired) electrons. The van der Waals surface area contributed by atoms with Crippen molar-refractivity contribution in [2.75, 3.05) is 11.4 Å². The number of carbonyl (C=O) groups is 1.